The molecule has 7 nitrogen and oxygen atoms in total. The molecule has 1 aliphatic rings. The number of hydrogen-bond donors (Lipinski definition) is 2. The molecule has 4 rings (SSSR count). The van der Waals surface area contributed by atoms with E-state index in [4.69, 9.17) is 5.73 Å². The van der Waals surface area contributed by atoms with E-state index in [9.17, 15) is 0 Å². The Hall–Kier alpha value is -2.57. The molecule has 102 valence electrons. The molecule has 0 aromatic carbocycles. The molecule has 0 aliphatic heterocycles. The van der Waals surface area contributed by atoms with E-state index in [2.05, 4.69) is 25.0 Å². The van der Waals surface area contributed by atoms with Crippen molar-refractivity contribution >= 4 is 23.1 Å². The van der Waals surface area contributed by atoms with Gasteiger partial charge >= 0.3 is 0 Å². The Bertz CT molecular complexity index is 753. The van der Waals surface area contributed by atoms with Crippen molar-refractivity contribution < 1.29 is 0 Å². The molecule has 7 heteroatoms. The Morgan fingerprint density at radius 1 is 1.35 bits per heavy atom. The molecule has 0 saturated heterocycles. The number of nitrogens with zero attached hydrogens (tertiary/aromatic N) is 5. The first-order valence-corrected chi connectivity index (χ1v) is 6.71. The zero-order valence-corrected chi connectivity index (χ0v) is 10.9. The second kappa shape index (κ2) is 4.22. The normalized spacial score (nSPS) is 15.4. The van der Waals surface area contributed by atoms with Crippen molar-refractivity contribution in [3.63, 3.8) is 0 Å². The topological polar surface area (TPSA) is 86.1 Å². The summed E-state index contributed by atoms with van der Waals surface area (Å²) in [5.41, 5.74) is 6.59. The first kappa shape index (κ1) is 11.3. The van der Waals surface area contributed by atoms with Gasteiger partial charge in [-0.05, 0) is 31.4 Å². The summed E-state index contributed by atoms with van der Waals surface area (Å²) in [6, 6.07) is 4.44. The van der Waals surface area contributed by atoms with Crippen molar-refractivity contribution in [3.8, 4) is 0 Å². The molecular formula is C13H15N7. The maximum Gasteiger partial charge on any atom is 0.240 e. The van der Waals surface area contributed by atoms with Crippen LogP contribution in [0.5, 0.6) is 0 Å². The molecule has 20 heavy (non-hydrogen) atoms. The minimum atomic E-state index is 0.231. The van der Waals surface area contributed by atoms with E-state index in [0.29, 0.717) is 11.9 Å². The summed E-state index contributed by atoms with van der Waals surface area (Å²) >= 11 is 0. The van der Waals surface area contributed by atoms with Crippen LogP contribution in [0.2, 0.25) is 0 Å². The largest absolute Gasteiger partial charge is 0.366 e. The highest BCUT2D eigenvalue weighted by Gasteiger charge is 2.19. The third-order valence-electron chi connectivity index (χ3n) is 3.75. The summed E-state index contributed by atoms with van der Waals surface area (Å²) in [5, 5.41) is 7.32. The molecule has 0 radical (unpaired) electrons. The van der Waals surface area contributed by atoms with Crippen LogP contribution in [0.4, 0.5) is 17.6 Å². The highest BCUT2D eigenvalue weighted by Crippen LogP contribution is 2.32. The van der Waals surface area contributed by atoms with Crippen LogP contribution >= 0.6 is 0 Å². The van der Waals surface area contributed by atoms with Crippen LogP contribution in [0.1, 0.15) is 25.3 Å². The lowest BCUT2D eigenvalue weighted by Gasteiger charge is -2.26. The standard InChI is InChI=1S/C13H15N7/c14-13-17-12(10-5-2-6-20(10)18-13)16-11-7-19(8-15-11)9-3-1-4-9/h2,5-9H,1,3-4H2,(H3,14,16,17,18). The zero-order chi connectivity index (χ0) is 13.5. The fraction of sp³-hybridized carbons (Fsp3) is 0.308. The average Bonchev–Trinajstić information content (AvgIpc) is 2.96. The molecule has 3 aromatic heterocycles. The monoisotopic (exact) mass is 269 g/mol. The van der Waals surface area contributed by atoms with E-state index in [1.54, 1.807) is 4.52 Å². The van der Waals surface area contributed by atoms with Crippen LogP contribution in [0.25, 0.3) is 5.52 Å². The molecule has 0 atom stereocenters. The van der Waals surface area contributed by atoms with E-state index in [1.807, 2.05) is 30.9 Å². The summed E-state index contributed by atoms with van der Waals surface area (Å²) in [5.74, 6) is 1.68. The number of fused-ring (bicyclic) bond motifs is 1. The van der Waals surface area contributed by atoms with Crippen molar-refractivity contribution in [1.82, 2.24) is 24.1 Å². The summed E-state index contributed by atoms with van der Waals surface area (Å²) in [6.45, 7) is 0. The van der Waals surface area contributed by atoms with Gasteiger partial charge < -0.3 is 15.6 Å². The van der Waals surface area contributed by atoms with Gasteiger partial charge in [-0.2, -0.15) is 4.98 Å². The summed E-state index contributed by atoms with van der Waals surface area (Å²) in [4.78, 5) is 8.62. The molecule has 1 aliphatic carbocycles. The average molecular weight is 269 g/mol. The molecule has 0 amide bonds. The van der Waals surface area contributed by atoms with Crippen molar-refractivity contribution in [2.75, 3.05) is 11.1 Å². The first-order valence-electron chi connectivity index (χ1n) is 6.71. The summed E-state index contributed by atoms with van der Waals surface area (Å²) in [7, 11) is 0. The summed E-state index contributed by atoms with van der Waals surface area (Å²) in [6.07, 6.45) is 9.50. The van der Waals surface area contributed by atoms with Crippen molar-refractivity contribution in [3.05, 3.63) is 30.9 Å². The van der Waals surface area contributed by atoms with Gasteiger partial charge in [-0.3, -0.25) is 0 Å². The van der Waals surface area contributed by atoms with Crippen LogP contribution < -0.4 is 11.1 Å². The van der Waals surface area contributed by atoms with Gasteiger partial charge in [0, 0.05) is 18.4 Å². The van der Waals surface area contributed by atoms with Crippen molar-refractivity contribution in [2.45, 2.75) is 25.3 Å². The van der Waals surface area contributed by atoms with E-state index in [0.717, 1.165) is 11.3 Å². The smallest absolute Gasteiger partial charge is 0.240 e. The van der Waals surface area contributed by atoms with E-state index in [1.165, 1.54) is 19.3 Å². The number of nitrogens with two attached hydrogens (primary N) is 1. The maximum atomic E-state index is 5.71. The number of nitrogen functional groups attached to an aromatic ring is 1. The predicted molar refractivity (Wildman–Crippen MR) is 75.8 cm³/mol. The lowest BCUT2D eigenvalue weighted by atomic mass is 9.93. The lowest BCUT2D eigenvalue weighted by Crippen LogP contribution is -2.15. The molecule has 3 heterocycles. The van der Waals surface area contributed by atoms with Crippen LogP contribution in [-0.2, 0) is 0 Å². The minimum absolute atomic E-state index is 0.231. The highest BCUT2D eigenvalue weighted by molar-refractivity contribution is 5.72. The maximum absolute atomic E-state index is 5.71. The Labute approximate surface area is 115 Å². The van der Waals surface area contributed by atoms with Crippen LogP contribution in [0, 0.1) is 0 Å². The number of nitrogens with one attached hydrogen (secondary N) is 1. The fourth-order valence-corrected chi connectivity index (χ4v) is 2.45. The number of rotatable bonds is 3. The Kier molecular flexibility index (Phi) is 2.38. The lowest BCUT2D eigenvalue weighted by molar-refractivity contribution is 0.313. The molecule has 0 bridgehead atoms. The van der Waals surface area contributed by atoms with Crippen LogP contribution in [0.3, 0.4) is 0 Å². The Morgan fingerprint density at radius 3 is 3.05 bits per heavy atom. The van der Waals surface area contributed by atoms with E-state index < -0.39 is 0 Å². The van der Waals surface area contributed by atoms with E-state index >= 15 is 0 Å². The van der Waals surface area contributed by atoms with Gasteiger partial charge in [-0.1, -0.05) is 0 Å². The van der Waals surface area contributed by atoms with Gasteiger partial charge in [0.1, 0.15) is 11.3 Å². The van der Waals surface area contributed by atoms with Gasteiger partial charge in [0.15, 0.2) is 5.82 Å². The first-order chi connectivity index (χ1) is 9.79. The molecular weight excluding hydrogens is 254 g/mol. The van der Waals surface area contributed by atoms with Crippen LogP contribution in [-0.4, -0.2) is 24.1 Å². The minimum Gasteiger partial charge on any atom is -0.366 e. The SMILES string of the molecule is Nc1nc(Nc2cn(C3CCC3)cn2)c2cccn2n1. The van der Waals surface area contributed by atoms with Gasteiger partial charge in [-0.15, -0.1) is 5.10 Å². The fourth-order valence-electron chi connectivity index (χ4n) is 2.45. The van der Waals surface area contributed by atoms with Crippen molar-refractivity contribution in [1.29, 1.82) is 0 Å². The second-order valence-corrected chi connectivity index (χ2v) is 5.07. The number of imidazole rings is 1. The van der Waals surface area contributed by atoms with Gasteiger partial charge in [0.25, 0.3) is 0 Å². The highest BCUT2D eigenvalue weighted by atomic mass is 15.3. The second-order valence-electron chi connectivity index (χ2n) is 5.07. The Balaban J connectivity index is 1.66. The number of aromatic nitrogens is 5. The van der Waals surface area contributed by atoms with E-state index in [-0.39, 0.29) is 5.95 Å². The molecule has 0 spiro atoms. The molecule has 3 aromatic rings. The van der Waals surface area contributed by atoms with Crippen molar-refractivity contribution in [2.24, 2.45) is 0 Å². The molecule has 0 unspecified atom stereocenters. The molecule has 1 fully saturated rings. The zero-order valence-electron chi connectivity index (χ0n) is 10.9. The molecule has 1 saturated carbocycles. The summed E-state index contributed by atoms with van der Waals surface area (Å²) < 4.78 is 3.86. The van der Waals surface area contributed by atoms with Gasteiger partial charge in [-0.25, -0.2) is 9.50 Å². The predicted octanol–water partition coefficient (Wildman–Crippen LogP) is 1.98. The third kappa shape index (κ3) is 1.78. The van der Waals surface area contributed by atoms with Gasteiger partial charge in [0.2, 0.25) is 5.95 Å². The van der Waals surface area contributed by atoms with Gasteiger partial charge in [0.05, 0.1) is 6.33 Å². The van der Waals surface area contributed by atoms with Crippen LogP contribution in [0.15, 0.2) is 30.9 Å². The Morgan fingerprint density at radius 2 is 2.25 bits per heavy atom. The quantitative estimate of drug-likeness (QED) is 0.759. The third-order valence-corrected chi connectivity index (χ3v) is 3.75. The number of anilines is 3. The molecule has 3 N–H and O–H groups in total. The number of hydrogen-bond acceptors (Lipinski definition) is 5.